The first-order valence-corrected chi connectivity index (χ1v) is 20.3. The number of aliphatic carboxylic acids is 4. The second-order valence-electron chi connectivity index (χ2n) is 14.3. The van der Waals surface area contributed by atoms with Crippen molar-refractivity contribution in [3.8, 4) is 27.7 Å². The molecular formula is C43H52N2O11S. The largest absolute Gasteiger partial charge is 0.495 e. The van der Waals surface area contributed by atoms with Crippen LogP contribution in [0.1, 0.15) is 68.9 Å². The highest BCUT2D eigenvalue weighted by atomic mass is 32.1. The summed E-state index contributed by atoms with van der Waals surface area (Å²) in [4.78, 5) is 42.9. The van der Waals surface area contributed by atoms with Crippen molar-refractivity contribution in [1.82, 2.24) is 9.80 Å². The molecule has 2 aliphatic heterocycles. The van der Waals surface area contributed by atoms with Crippen molar-refractivity contribution in [3.63, 3.8) is 0 Å². The molecule has 0 unspecified atom stereocenters. The van der Waals surface area contributed by atoms with Gasteiger partial charge in [-0.1, -0.05) is 37.1 Å². The van der Waals surface area contributed by atoms with Gasteiger partial charge in [0.15, 0.2) is 0 Å². The Morgan fingerprint density at radius 2 is 1.30 bits per heavy atom. The molecule has 3 aliphatic rings. The summed E-state index contributed by atoms with van der Waals surface area (Å²) in [6, 6.07) is 24.6. The number of thiophene rings is 1. The summed E-state index contributed by atoms with van der Waals surface area (Å²) in [5.74, 6) is -4.42. The van der Waals surface area contributed by atoms with Gasteiger partial charge in [0.05, 0.1) is 11.8 Å². The van der Waals surface area contributed by atoms with Gasteiger partial charge in [0.1, 0.15) is 30.0 Å². The van der Waals surface area contributed by atoms with E-state index in [1.807, 2.05) is 11.3 Å². The van der Waals surface area contributed by atoms with E-state index in [0.717, 1.165) is 43.2 Å². The van der Waals surface area contributed by atoms with Crippen LogP contribution in [-0.2, 0) is 25.6 Å². The molecule has 1 aliphatic carbocycles. The van der Waals surface area contributed by atoms with Crippen molar-refractivity contribution in [2.45, 2.75) is 76.4 Å². The molecule has 4 N–H and O–H groups in total. The summed E-state index contributed by atoms with van der Waals surface area (Å²) in [6.07, 6.45) is 12.9. The molecule has 3 heterocycles. The summed E-state index contributed by atoms with van der Waals surface area (Å²) in [5, 5.41) is 30.8. The minimum Gasteiger partial charge on any atom is -0.495 e. The number of hydrogen-bond acceptors (Lipinski definition) is 10. The molecule has 57 heavy (non-hydrogen) atoms. The van der Waals surface area contributed by atoms with Crippen LogP contribution in [0.15, 0.2) is 66.7 Å². The average molecular weight is 805 g/mol. The number of hydrogen-bond donors (Lipinski definition) is 4. The van der Waals surface area contributed by atoms with Crippen LogP contribution in [0.4, 0.5) is 0 Å². The summed E-state index contributed by atoms with van der Waals surface area (Å²) >= 11 is 1.83. The third kappa shape index (κ3) is 12.4. The molecule has 1 saturated carbocycles. The predicted octanol–water partition coefficient (Wildman–Crippen LogP) is 7.13. The molecule has 3 fully saturated rings. The number of carboxylic acids is 4. The van der Waals surface area contributed by atoms with Crippen molar-refractivity contribution < 1.29 is 53.8 Å². The highest BCUT2D eigenvalue weighted by Crippen LogP contribution is 2.44. The van der Waals surface area contributed by atoms with Gasteiger partial charge >= 0.3 is 23.9 Å². The second-order valence-corrected chi connectivity index (χ2v) is 15.3. The zero-order valence-corrected chi connectivity index (χ0v) is 33.1. The molecule has 306 valence electrons. The molecule has 14 heteroatoms. The first-order chi connectivity index (χ1) is 27.5. The number of ether oxygens (including phenoxy) is 3. The molecule has 3 aromatic carbocycles. The monoisotopic (exact) mass is 804 g/mol. The average Bonchev–Trinajstić information content (AvgIpc) is 3.88. The van der Waals surface area contributed by atoms with E-state index >= 15 is 0 Å². The van der Waals surface area contributed by atoms with Gasteiger partial charge in [-0.15, -0.1) is 11.3 Å². The molecule has 0 radical (unpaired) electrons. The Hall–Kier alpha value is -5.18. The lowest BCUT2D eigenvalue weighted by Crippen LogP contribution is -2.49. The number of methoxy groups -OCH3 is 1. The van der Waals surface area contributed by atoms with E-state index in [2.05, 4.69) is 76.5 Å². The maximum atomic E-state index is 9.10. The van der Waals surface area contributed by atoms with Crippen LogP contribution in [0, 0.1) is 0 Å². The van der Waals surface area contributed by atoms with Crippen LogP contribution >= 0.6 is 11.3 Å². The van der Waals surface area contributed by atoms with Gasteiger partial charge in [-0.3, -0.25) is 9.80 Å². The fraction of sp³-hybridized carbons (Fsp3) is 0.442. The van der Waals surface area contributed by atoms with E-state index in [1.165, 1.54) is 109 Å². The van der Waals surface area contributed by atoms with E-state index in [1.54, 1.807) is 7.11 Å². The Labute approximate surface area is 336 Å². The molecule has 13 nitrogen and oxygen atoms in total. The van der Waals surface area contributed by atoms with Crippen molar-refractivity contribution >= 4 is 45.3 Å². The van der Waals surface area contributed by atoms with Crippen molar-refractivity contribution in [3.05, 3.63) is 77.9 Å². The maximum Gasteiger partial charge on any atom is 0.414 e. The number of piperidine rings is 1. The van der Waals surface area contributed by atoms with Gasteiger partial charge in [0, 0.05) is 22.8 Å². The van der Waals surface area contributed by atoms with E-state index in [9.17, 15) is 0 Å². The van der Waals surface area contributed by atoms with Gasteiger partial charge in [-0.25, -0.2) is 19.2 Å². The normalized spacial score (nSPS) is 18.3. The Morgan fingerprint density at radius 3 is 1.91 bits per heavy atom. The number of rotatable bonds is 11. The Bertz CT molecular complexity index is 1890. The zero-order chi connectivity index (χ0) is 40.7. The molecule has 0 bridgehead atoms. The summed E-state index contributed by atoms with van der Waals surface area (Å²) in [5.41, 5.74) is 3.87. The highest BCUT2D eigenvalue weighted by molar-refractivity contribution is 7.23. The third-order valence-corrected chi connectivity index (χ3v) is 11.8. The quantitative estimate of drug-likeness (QED) is 0.113. The number of carboxylic acid groups (broad SMARTS) is 4. The number of likely N-dealkylation sites (tertiary alicyclic amines) is 2. The van der Waals surface area contributed by atoms with Crippen molar-refractivity contribution in [2.24, 2.45) is 0 Å². The molecule has 0 amide bonds. The molecule has 2 atom stereocenters. The van der Waals surface area contributed by atoms with Crippen LogP contribution < -0.4 is 14.2 Å². The fourth-order valence-corrected chi connectivity index (χ4v) is 8.98. The van der Waals surface area contributed by atoms with E-state index in [4.69, 9.17) is 53.8 Å². The summed E-state index contributed by atoms with van der Waals surface area (Å²) in [7, 11) is 1.77. The van der Waals surface area contributed by atoms with Gasteiger partial charge in [0.2, 0.25) is 0 Å². The lowest BCUT2D eigenvalue weighted by Gasteiger charge is -2.41. The van der Waals surface area contributed by atoms with Crippen LogP contribution in [-0.4, -0.2) is 113 Å². The summed E-state index contributed by atoms with van der Waals surface area (Å²) in [6.45, 7) is 6.63. The predicted molar refractivity (Wildman–Crippen MR) is 217 cm³/mol. The molecular weight excluding hydrogens is 753 g/mol. The molecule has 1 aromatic heterocycles. The summed E-state index contributed by atoms with van der Waals surface area (Å²) < 4.78 is 19.8. The van der Waals surface area contributed by atoms with Crippen molar-refractivity contribution in [1.29, 1.82) is 0 Å². The van der Waals surface area contributed by atoms with Gasteiger partial charge in [-0.2, -0.15) is 0 Å². The molecule has 7 rings (SSSR count). The molecule has 4 aromatic rings. The van der Waals surface area contributed by atoms with E-state index in [-0.39, 0.29) is 0 Å². The van der Waals surface area contributed by atoms with Crippen LogP contribution in [0.25, 0.3) is 20.5 Å². The van der Waals surface area contributed by atoms with Crippen molar-refractivity contribution in [2.75, 3.05) is 46.4 Å². The Balaban J connectivity index is 0.000000452. The highest BCUT2D eigenvalue weighted by Gasteiger charge is 2.32. The van der Waals surface area contributed by atoms with Gasteiger partial charge in [-0.05, 0) is 137 Å². The lowest BCUT2D eigenvalue weighted by molar-refractivity contribution is -0.159. The number of benzene rings is 3. The number of fused-ring (bicyclic) bond motifs is 1. The van der Waals surface area contributed by atoms with Crippen LogP contribution in [0.5, 0.6) is 17.2 Å². The number of nitrogens with zero attached hydrogens (tertiary/aromatic N) is 2. The van der Waals surface area contributed by atoms with Crippen LogP contribution in [0.3, 0.4) is 0 Å². The number of carbonyl (C=O) groups is 4. The molecule has 0 spiro atoms. The topological polar surface area (TPSA) is 183 Å². The molecule has 2 saturated heterocycles. The minimum absolute atomic E-state index is 0.301. The second kappa shape index (κ2) is 21.4. The zero-order valence-electron chi connectivity index (χ0n) is 32.3. The fourth-order valence-electron chi connectivity index (χ4n) is 7.66. The first-order valence-electron chi connectivity index (χ1n) is 19.5. The Kier molecular flexibility index (Phi) is 16.1. The standard InChI is InChI=1S/C39H48N2O3S.2C2H2O4/c1-42-37-13-9-10-33-34(38(45-39(33)37)30-16-20-31(21-17-30)43-27-26-40-22-7-8-23-40)28-29-14-18-32(19-15-29)44-36-12-4-3-11-35(36)41-24-5-2-6-25-41;2*3-1(4)2(5)6/h9-10,13-21,35-36H,2-8,11-12,22-28H2,1H3;2*(H,3,4)(H,5,6)/t35-,36-;;/m1../s1. The Morgan fingerprint density at radius 1 is 0.702 bits per heavy atom. The van der Waals surface area contributed by atoms with E-state index in [0.29, 0.717) is 12.1 Å². The minimum atomic E-state index is -1.82. The third-order valence-electron chi connectivity index (χ3n) is 10.5. The smallest absolute Gasteiger partial charge is 0.414 e. The van der Waals surface area contributed by atoms with Gasteiger partial charge < -0.3 is 34.6 Å². The first kappa shape index (κ1) is 43.0. The van der Waals surface area contributed by atoms with E-state index < -0.39 is 23.9 Å². The SMILES string of the molecule is COc1cccc2c(Cc3ccc(O[C@@H]4CCCC[C@H]4N4CCCCC4)cc3)c(-c3ccc(OCCN4CCCC4)cc3)sc12.O=C(O)C(=O)O.O=C(O)C(=O)O. The lowest BCUT2D eigenvalue weighted by atomic mass is 9.90. The van der Waals surface area contributed by atoms with Crippen LogP contribution in [0.2, 0.25) is 0 Å². The maximum absolute atomic E-state index is 9.10. The van der Waals surface area contributed by atoms with Gasteiger partial charge in [0.25, 0.3) is 0 Å².